The second kappa shape index (κ2) is 10.3. The molecule has 10 heteroatoms. The van der Waals surface area contributed by atoms with Crippen molar-refractivity contribution >= 4 is 64.1 Å². The van der Waals surface area contributed by atoms with Crippen LogP contribution in [0.15, 0.2) is 36.4 Å². The lowest BCUT2D eigenvalue weighted by atomic mass is 10.1. The molecule has 0 spiro atoms. The molecule has 0 saturated heterocycles. The van der Waals surface area contributed by atoms with Crippen molar-refractivity contribution in [1.29, 1.82) is 0 Å². The molecule has 2 aromatic rings. The number of carbonyl (C=O) groups excluding carboxylic acids is 3. The van der Waals surface area contributed by atoms with Crippen LogP contribution in [0.2, 0.25) is 10.0 Å². The van der Waals surface area contributed by atoms with Crippen molar-refractivity contribution in [3.8, 4) is 5.75 Å². The smallest absolute Gasteiger partial charge is 0.265 e. The minimum Gasteiger partial charge on any atom is -0.479 e. The van der Waals surface area contributed by atoms with Gasteiger partial charge in [-0.25, -0.2) is 0 Å². The van der Waals surface area contributed by atoms with Gasteiger partial charge in [0.2, 0.25) is 5.91 Å². The van der Waals surface area contributed by atoms with Gasteiger partial charge in [0.1, 0.15) is 11.8 Å². The van der Waals surface area contributed by atoms with Crippen molar-refractivity contribution in [2.75, 3.05) is 22.6 Å². The van der Waals surface area contributed by atoms with Gasteiger partial charge >= 0.3 is 0 Å². The summed E-state index contributed by atoms with van der Waals surface area (Å²) in [4.78, 5) is 37.4. The van der Waals surface area contributed by atoms with Crippen LogP contribution in [0.1, 0.15) is 23.7 Å². The number of halogens is 2. The van der Waals surface area contributed by atoms with E-state index in [2.05, 4.69) is 16.0 Å². The summed E-state index contributed by atoms with van der Waals surface area (Å²) < 4.78 is 5.52. The molecule has 3 N–H and O–H groups in total. The van der Waals surface area contributed by atoms with Crippen molar-refractivity contribution < 1.29 is 19.1 Å². The number of rotatable bonds is 7. The van der Waals surface area contributed by atoms with E-state index in [0.717, 1.165) is 0 Å². The molecule has 0 fully saturated rings. The Morgan fingerprint density at radius 3 is 2.71 bits per heavy atom. The average Bonchev–Trinajstić information content (AvgIpc) is 2.71. The molecule has 3 rings (SSSR count). The molecular formula is C21H21Cl2N3O4S. The average molecular weight is 482 g/mol. The Bertz CT molecular complexity index is 1020. The Balaban J connectivity index is 1.73. The summed E-state index contributed by atoms with van der Waals surface area (Å²) >= 11 is 13.6. The molecule has 164 valence electrons. The molecule has 0 bridgehead atoms. The first kappa shape index (κ1) is 23.2. The van der Waals surface area contributed by atoms with Gasteiger partial charge < -0.3 is 20.7 Å². The Kier molecular flexibility index (Phi) is 7.69. The molecule has 2 atom stereocenters. The first-order valence-corrected chi connectivity index (χ1v) is 11.6. The molecule has 0 saturated carbocycles. The Morgan fingerprint density at radius 1 is 1.23 bits per heavy atom. The zero-order valence-electron chi connectivity index (χ0n) is 16.8. The quantitative estimate of drug-likeness (QED) is 0.550. The molecule has 2 aromatic carbocycles. The van der Waals surface area contributed by atoms with Crippen LogP contribution in [0.5, 0.6) is 5.75 Å². The van der Waals surface area contributed by atoms with Crippen LogP contribution in [0.25, 0.3) is 0 Å². The summed E-state index contributed by atoms with van der Waals surface area (Å²) in [5.74, 6) is 0.0705. The third kappa shape index (κ3) is 5.84. The SMILES string of the molecule is CSCCC(NC(=O)c1ccc(Cl)cc1Cl)C(=O)Nc1ccc2c(c1)NC(=O)C(C)O2. The van der Waals surface area contributed by atoms with Gasteiger partial charge in [-0.05, 0) is 61.8 Å². The van der Waals surface area contributed by atoms with Gasteiger partial charge in [-0.3, -0.25) is 14.4 Å². The number of hydrogen-bond donors (Lipinski definition) is 3. The number of nitrogens with one attached hydrogen (secondary N) is 3. The topological polar surface area (TPSA) is 96.5 Å². The van der Waals surface area contributed by atoms with Crippen LogP contribution < -0.4 is 20.7 Å². The van der Waals surface area contributed by atoms with Gasteiger partial charge in [-0.15, -0.1) is 0 Å². The first-order chi connectivity index (χ1) is 14.8. The number of benzene rings is 2. The summed E-state index contributed by atoms with van der Waals surface area (Å²) in [5, 5.41) is 8.87. The van der Waals surface area contributed by atoms with Gasteiger partial charge in [-0.2, -0.15) is 11.8 Å². The first-order valence-electron chi connectivity index (χ1n) is 9.45. The third-order valence-electron chi connectivity index (χ3n) is 4.59. The molecule has 3 amide bonds. The lowest BCUT2D eigenvalue weighted by molar-refractivity contribution is -0.122. The molecule has 0 radical (unpaired) electrons. The fourth-order valence-electron chi connectivity index (χ4n) is 2.93. The van der Waals surface area contributed by atoms with E-state index in [4.69, 9.17) is 27.9 Å². The van der Waals surface area contributed by atoms with E-state index in [9.17, 15) is 14.4 Å². The molecule has 1 heterocycles. The molecule has 1 aliphatic rings. The van der Waals surface area contributed by atoms with E-state index in [1.165, 1.54) is 12.1 Å². The molecule has 0 aliphatic carbocycles. The van der Waals surface area contributed by atoms with Gasteiger partial charge in [0.15, 0.2) is 6.10 Å². The highest BCUT2D eigenvalue weighted by molar-refractivity contribution is 7.98. The Morgan fingerprint density at radius 2 is 2.00 bits per heavy atom. The van der Waals surface area contributed by atoms with Crippen molar-refractivity contribution in [3.63, 3.8) is 0 Å². The van der Waals surface area contributed by atoms with Gasteiger partial charge in [0.25, 0.3) is 11.8 Å². The highest BCUT2D eigenvalue weighted by Gasteiger charge is 2.25. The molecular weight excluding hydrogens is 461 g/mol. The second-order valence-electron chi connectivity index (χ2n) is 6.88. The summed E-state index contributed by atoms with van der Waals surface area (Å²) in [7, 11) is 0. The number of carbonyl (C=O) groups is 3. The van der Waals surface area contributed by atoms with E-state index >= 15 is 0 Å². The highest BCUT2D eigenvalue weighted by atomic mass is 35.5. The minimum atomic E-state index is -0.784. The summed E-state index contributed by atoms with van der Waals surface area (Å²) in [6, 6.07) is 8.71. The Hall–Kier alpha value is -2.42. The maximum absolute atomic E-state index is 12.9. The van der Waals surface area contributed by atoms with Crippen molar-refractivity contribution in [1.82, 2.24) is 5.32 Å². The summed E-state index contributed by atoms with van der Waals surface area (Å²) in [6.07, 6.45) is 1.76. The molecule has 2 unspecified atom stereocenters. The van der Waals surface area contributed by atoms with Crippen LogP contribution in [-0.4, -0.2) is 41.9 Å². The van der Waals surface area contributed by atoms with Crippen LogP contribution in [0, 0.1) is 0 Å². The zero-order valence-corrected chi connectivity index (χ0v) is 19.2. The molecule has 31 heavy (non-hydrogen) atoms. The predicted octanol–water partition coefficient (Wildman–Crippen LogP) is 4.20. The van der Waals surface area contributed by atoms with Crippen LogP contribution in [-0.2, 0) is 9.59 Å². The highest BCUT2D eigenvalue weighted by Crippen LogP contribution is 2.32. The van der Waals surface area contributed by atoms with Crippen molar-refractivity contribution in [2.24, 2.45) is 0 Å². The second-order valence-corrected chi connectivity index (χ2v) is 8.71. The maximum Gasteiger partial charge on any atom is 0.265 e. The Labute approximate surface area is 194 Å². The van der Waals surface area contributed by atoms with E-state index in [0.29, 0.717) is 34.3 Å². The van der Waals surface area contributed by atoms with Gasteiger partial charge in [0.05, 0.1) is 16.3 Å². The maximum atomic E-state index is 12.9. The van der Waals surface area contributed by atoms with Gasteiger partial charge in [-0.1, -0.05) is 23.2 Å². The largest absolute Gasteiger partial charge is 0.479 e. The van der Waals surface area contributed by atoms with Crippen molar-refractivity contribution in [3.05, 3.63) is 52.0 Å². The molecule has 1 aliphatic heterocycles. The lowest BCUT2D eigenvalue weighted by Crippen LogP contribution is -2.44. The monoisotopic (exact) mass is 481 g/mol. The van der Waals surface area contributed by atoms with Crippen LogP contribution >= 0.6 is 35.0 Å². The number of thioether (sulfide) groups is 1. The predicted molar refractivity (Wildman–Crippen MR) is 125 cm³/mol. The number of amides is 3. The number of anilines is 2. The van der Waals surface area contributed by atoms with Crippen LogP contribution in [0.4, 0.5) is 11.4 Å². The van der Waals surface area contributed by atoms with Crippen LogP contribution in [0.3, 0.4) is 0 Å². The number of fused-ring (bicyclic) bond motifs is 1. The van der Waals surface area contributed by atoms with E-state index in [-0.39, 0.29) is 22.4 Å². The number of hydrogen-bond acceptors (Lipinski definition) is 5. The normalized spacial score (nSPS) is 15.9. The standard InChI is InChI=1S/C21H21Cl2N3O4S/c1-11-19(27)26-17-10-13(4-6-18(17)30-11)24-21(29)16(7-8-31-2)25-20(28)14-5-3-12(22)9-15(14)23/h3-6,9-11,16H,7-8H2,1-2H3,(H,24,29)(H,25,28)(H,26,27). The minimum absolute atomic E-state index is 0.202. The summed E-state index contributed by atoms with van der Waals surface area (Å²) in [5.41, 5.74) is 1.17. The van der Waals surface area contributed by atoms with Gasteiger partial charge in [0, 0.05) is 10.7 Å². The fraction of sp³-hybridized carbons (Fsp3) is 0.286. The van der Waals surface area contributed by atoms with E-state index < -0.39 is 18.1 Å². The zero-order chi connectivity index (χ0) is 22.5. The third-order valence-corrected chi connectivity index (χ3v) is 5.78. The number of ether oxygens (including phenoxy) is 1. The molecule has 7 nitrogen and oxygen atoms in total. The summed E-state index contributed by atoms with van der Waals surface area (Å²) in [6.45, 7) is 1.65. The van der Waals surface area contributed by atoms with E-state index in [1.807, 2.05) is 6.26 Å². The molecule has 0 aromatic heterocycles. The fourth-order valence-corrected chi connectivity index (χ4v) is 3.90. The van der Waals surface area contributed by atoms with E-state index in [1.54, 1.807) is 43.0 Å². The lowest BCUT2D eigenvalue weighted by Gasteiger charge is -2.24. The van der Waals surface area contributed by atoms with Crippen molar-refractivity contribution in [2.45, 2.75) is 25.5 Å².